The van der Waals surface area contributed by atoms with Crippen LogP contribution < -0.4 is 10.6 Å². The van der Waals surface area contributed by atoms with Gasteiger partial charge in [0.2, 0.25) is 11.8 Å². The average Bonchev–Trinajstić information content (AvgIpc) is 2.69. The summed E-state index contributed by atoms with van der Waals surface area (Å²) in [6, 6.07) is 0.221. The number of guanidine groups is 1. The summed E-state index contributed by atoms with van der Waals surface area (Å²) in [5, 5.41) is 6.68. The normalized spacial score (nSPS) is 15.4. The Labute approximate surface area is 168 Å². The highest BCUT2D eigenvalue weighted by Crippen LogP contribution is 2.11. The fourth-order valence-corrected chi connectivity index (χ4v) is 2.78. The molecular formula is C19H37N5O4. The first-order valence-electron chi connectivity index (χ1n) is 10.1. The van der Waals surface area contributed by atoms with Gasteiger partial charge in [0.15, 0.2) is 5.96 Å². The molecule has 1 fully saturated rings. The Morgan fingerprint density at radius 2 is 1.93 bits per heavy atom. The van der Waals surface area contributed by atoms with Crippen LogP contribution in [0, 0.1) is 0 Å². The van der Waals surface area contributed by atoms with Crippen LogP contribution in [0.25, 0.3) is 0 Å². The number of ether oxygens (including phenoxy) is 2. The van der Waals surface area contributed by atoms with Gasteiger partial charge in [-0.15, -0.1) is 0 Å². The predicted octanol–water partition coefficient (Wildman–Crippen LogP) is 0.0639. The van der Waals surface area contributed by atoms with Crippen LogP contribution in [-0.2, 0) is 19.1 Å². The number of likely N-dealkylation sites (tertiary alicyclic amines) is 1. The SMILES string of the molecule is CCOCCCNC(=NCC(=O)N(C)C)NC1CCN(C(=O)CCOC)CC1. The summed E-state index contributed by atoms with van der Waals surface area (Å²) in [6.45, 7) is 6.08. The maximum absolute atomic E-state index is 12.1. The van der Waals surface area contributed by atoms with Crippen molar-refractivity contribution in [1.82, 2.24) is 20.4 Å². The highest BCUT2D eigenvalue weighted by atomic mass is 16.5. The van der Waals surface area contributed by atoms with Crippen molar-refractivity contribution in [2.75, 3.05) is 67.2 Å². The van der Waals surface area contributed by atoms with Crippen molar-refractivity contribution in [3.05, 3.63) is 0 Å². The second kappa shape index (κ2) is 14.2. The molecule has 0 saturated carbocycles. The number of carbonyl (C=O) groups is 2. The Hall–Kier alpha value is -1.87. The van der Waals surface area contributed by atoms with Gasteiger partial charge in [0.1, 0.15) is 6.54 Å². The number of rotatable bonds is 11. The summed E-state index contributed by atoms with van der Waals surface area (Å²) < 4.78 is 10.3. The first-order chi connectivity index (χ1) is 13.5. The lowest BCUT2D eigenvalue weighted by Gasteiger charge is -2.33. The van der Waals surface area contributed by atoms with Crippen LogP contribution >= 0.6 is 0 Å². The summed E-state index contributed by atoms with van der Waals surface area (Å²) >= 11 is 0. The van der Waals surface area contributed by atoms with Crippen molar-refractivity contribution < 1.29 is 19.1 Å². The summed E-state index contributed by atoms with van der Waals surface area (Å²) in [7, 11) is 5.04. The zero-order valence-electron chi connectivity index (χ0n) is 17.8. The Morgan fingerprint density at radius 3 is 2.54 bits per heavy atom. The molecule has 0 aliphatic carbocycles. The molecule has 162 valence electrons. The summed E-state index contributed by atoms with van der Waals surface area (Å²) in [5.41, 5.74) is 0. The smallest absolute Gasteiger partial charge is 0.243 e. The second-order valence-electron chi connectivity index (χ2n) is 6.97. The fraction of sp³-hybridized carbons (Fsp3) is 0.842. The predicted molar refractivity (Wildman–Crippen MR) is 109 cm³/mol. The van der Waals surface area contributed by atoms with Gasteiger partial charge < -0.3 is 29.9 Å². The van der Waals surface area contributed by atoms with Crippen LogP contribution in [0.15, 0.2) is 4.99 Å². The van der Waals surface area contributed by atoms with Gasteiger partial charge in [0.05, 0.1) is 13.0 Å². The van der Waals surface area contributed by atoms with E-state index in [0.29, 0.717) is 45.3 Å². The van der Waals surface area contributed by atoms with Crippen LogP contribution in [0.1, 0.15) is 32.6 Å². The molecule has 1 aliphatic heterocycles. The van der Waals surface area contributed by atoms with Gasteiger partial charge in [-0.3, -0.25) is 9.59 Å². The van der Waals surface area contributed by atoms with Gasteiger partial charge in [0, 0.05) is 60.1 Å². The van der Waals surface area contributed by atoms with Crippen LogP contribution in [0.2, 0.25) is 0 Å². The molecule has 0 radical (unpaired) electrons. The number of aliphatic imine (C=N–C) groups is 1. The van der Waals surface area contributed by atoms with E-state index in [-0.39, 0.29) is 24.4 Å². The monoisotopic (exact) mass is 399 g/mol. The minimum Gasteiger partial charge on any atom is -0.384 e. The number of amides is 2. The largest absolute Gasteiger partial charge is 0.384 e. The van der Waals surface area contributed by atoms with Gasteiger partial charge in [-0.05, 0) is 26.2 Å². The summed E-state index contributed by atoms with van der Waals surface area (Å²) in [5.74, 6) is 0.727. The van der Waals surface area contributed by atoms with Gasteiger partial charge in [-0.1, -0.05) is 0 Å². The lowest BCUT2D eigenvalue weighted by molar-refractivity contribution is -0.133. The van der Waals surface area contributed by atoms with Crippen molar-refractivity contribution >= 4 is 17.8 Å². The molecule has 1 saturated heterocycles. The fourth-order valence-electron chi connectivity index (χ4n) is 2.78. The van der Waals surface area contributed by atoms with E-state index in [4.69, 9.17) is 9.47 Å². The number of nitrogens with zero attached hydrogens (tertiary/aromatic N) is 3. The number of nitrogens with one attached hydrogen (secondary N) is 2. The maximum atomic E-state index is 12.1. The van der Waals surface area contributed by atoms with E-state index in [0.717, 1.165) is 25.8 Å². The maximum Gasteiger partial charge on any atom is 0.243 e. The lowest BCUT2D eigenvalue weighted by atomic mass is 10.0. The van der Waals surface area contributed by atoms with E-state index in [1.807, 2.05) is 11.8 Å². The molecule has 2 N–H and O–H groups in total. The van der Waals surface area contributed by atoms with Crippen molar-refractivity contribution in [1.29, 1.82) is 0 Å². The van der Waals surface area contributed by atoms with Crippen LogP contribution in [0.3, 0.4) is 0 Å². The standard InChI is InChI=1S/C19H37N5O4/c1-5-28-13-6-10-20-19(21-15-18(26)23(2)3)22-16-7-11-24(12-8-16)17(25)9-14-27-4/h16H,5-15H2,1-4H3,(H2,20,21,22). The van der Waals surface area contributed by atoms with Gasteiger partial charge in [-0.2, -0.15) is 0 Å². The highest BCUT2D eigenvalue weighted by Gasteiger charge is 2.23. The van der Waals surface area contributed by atoms with E-state index in [1.165, 1.54) is 4.90 Å². The van der Waals surface area contributed by atoms with Crippen LogP contribution in [0.4, 0.5) is 0 Å². The molecule has 9 heteroatoms. The number of carbonyl (C=O) groups excluding carboxylic acids is 2. The number of hydrogen-bond acceptors (Lipinski definition) is 5. The molecule has 1 heterocycles. The third kappa shape index (κ3) is 9.89. The van der Waals surface area contributed by atoms with Gasteiger partial charge in [-0.25, -0.2) is 4.99 Å². The first-order valence-corrected chi connectivity index (χ1v) is 10.1. The molecule has 0 unspecified atom stereocenters. The Bertz CT molecular complexity index is 491. The molecule has 0 atom stereocenters. The van der Waals surface area contributed by atoms with Crippen molar-refractivity contribution in [2.24, 2.45) is 4.99 Å². The molecule has 0 bridgehead atoms. The Balaban J connectivity index is 2.50. The molecular weight excluding hydrogens is 362 g/mol. The number of methoxy groups -OCH3 is 1. The molecule has 1 rings (SSSR count). The van der Waals surface area contributed by atoms with E-state index >= 15 is 0 Å². The van der Waals surface area contributed by atoms with Crippen LogP contribution in [0.5, 0.6) is 0 Å². The second-order valence-corrected chi connectivity index (χ2v) is 6.97. The molecule has 0 spiro atoms. The molecule has 0 aromatic carbocycles. The third-order valence-corrected chi connectivity index (χ3v) is 4.54. The minimum atomic E-state index is -0.0472. The van der Waals surface area contributed by atoms with E-state index in [2.05, 4.69) is 15.6 Å². The summed E-state index contributed by atoms with van der Waals surface area (Å²) in [4.78, 5) is 31.8. The molecule has 0 aromatic heterocycles. The van der Waals surface area contributed by atoms with Gasteiger partial charge in [0.25, 0.3) is 0 Å². The highest BCUT2D eigenvalue weighted by molar-refractivity contribution is 5.85. The van der Waals surface area contributed by atoms with Crippen molar-refractivity contribution in [2.45, 2.75) is 38.6 Å². The molecule has 28 heavy (non-hydrogen) atoms. The van der Waals surface area contributed by atoms with Gasteiger partial charge >= 0.3 is 0 Å². The first kappa shape index (κ1) is 24.2. The zero-order chi connectivity index (χ0) is 20.8. The molecule has 2 amide bonds. The zero-order valence-corrected chi connectivity index (χ0v) is 17.8. The van der Waals surface area contributed by atoms with E-state index in [9.17, 15) is 9.59 Å². The minimum absolute atomic E-state index is 0.0472. The molecule has 1 aliphatic rings. The number of hydrogen-bond donors (Lipinski definition) is 2. The summed E-state index contributed by atoms with van der Waals surface area (Å²) in [6.07, 6.45) is 2.98. The average molecular weight is 400 g/mol. The number of piperidine rings is 1. The Kier molecular flexibility index (Phi) is 12.2. The van der Waals surface area contributed by atoms with E-state index < -0.39 is 0 Å². The molecule has 0 aromatic rings. The number of likely N-dealkylation sites (N-methyl/N-ethyl adjacent to an activating group) is 1. The third-order valence-electron chi connectivity index (χ3n) is 4.54. The quantitative estimate of drug-likeness (QED) is 0.290. The van der Waals surface area contributed by atoms with Crippen molar-refractivity contribution in [3.63, 3.8) is 0 Å². The lowest BCUT2D eigenvalue weighted by Crippen LogP contribution is -2.50. The van der Waals surface area contributed by atoms with Crippen molar-refractivity contribution in [3.8, 4) is 0 Å². The topological polar surface area (TPSA) is 95.5 Å². The Morgan fingerprint density at radius 1 is 1.21 bits per heavy atom. The van der Waals surface area contributed by atoms with E-state index in [1.54, 1.807) is 21.2 Å². The molecule has 9 nitrogen and oxygen atoms in total. The van der Waals surface area contributed by atoms with Crippen LogP contribution in [-0.4, -0.2) is 101 Å².